The van der Waals surface area contributed by atoms with Gasteiger partial charge in [-0.05, 0) is 30.4 Å². The lowest BCUT2D eigenvalue weighted by atomic mass is 9.93. The Hall–Kier alpha value is -1.16. The molecule has 96 valence electrons. The number of thiophene rings is 1. The van der Waals surface area contributed by atoms with Gasteiger partial charge in [-0.2, -0.15) is 0 Å². The molecule has 0 spiro atoms. The normalized spacial score (nSPS) is 14.3. The third kappa shape index (κ3) is 3.67. The van der Waals surface area contributed by atoms with E-state index in [0.29, 0.717) is 0 Å². The number of hydrogen-bond donors (Lipinski definition) is 2. The van der Waals surface area contributed by atoms with Crippen molar-refractivity contribution in [3.8, 4) is 0 Å². The predicted octanol–water partition coefficient (Wildman–Crippen LogP) is 2.83. The van der Waals surface area contributed by atoms with Crippen LogP contribution < -0.4 is 5.32 Å². The molecule has 3 heteroatoms. The van der Waals surface area contributed by atoms with Gasteiger partial charge in [-0.25, -0.2) is 0 Å². The number of benzene rings is 1. The minimum atomic E-state index is -0.272. The van der Waals surface area contributed by atoms with Crippen molar-refractivity contribution in [3.05, 3.63) is 58.3 Å². The van der Waals surface area contributed by atoms with Gasteiger partial charge in [0.15, 0.2) is 0 Å². The predicted molar refractivity (Wildman–Crippen MR) is 76.8 cm³/mol. The first-order valence-corrected chi connectivity index (χ1v) is 7.02. The van der Waals surface area contributed by atoms with E-state index >= 15 is 0 Å². The highest BCUT2D eigenvalue weighted by molar-refractivity contribution is 7.09. The molecular weight excluding hydrogens is 242 g/mol. The molecular formula is C15H19NOS. The lowest BCUT2D eigenvalue weighted by Crippen LogP contribution is -2.47. The summed E-state index contributed by atoms with van der Waals surface area (Å²) >= 11 is 1.74. The van der Waals surface area contributed by atoms with Crippen LogP contribution in [0.15, 0.2) is 47.8 Å². The van der Waals surface area contributed by atoms with Crippen LogP contribution >= 0.6 is 11.3 Å². The lowest BCUT2D eigenvalue weighted by molar-refractivity contribution is 0.172. The van der Waals surface area contributed by atoms with Gasteiger partial charge in [0.1, 0.15) is 0 Å². The SMILES string of the molecule is CC(CO)(Cc1ccccc1)NCc1cccs1. The zero-order valence-electron chi connectivity index (χ0n) is 10.6. The van der Waals surface area contributed by atoms with E-state index in [0.717, 1.165) is 13.0 Å². The minimum Gasteiger partial charge on any atom is -0.394 e. The van der Waals surface area contributed by atoms with Gasteiger partial charge in [0, 0.05) is 17.0 Å². The Bertz CT molecular complexity index is 455. The second kappa shape index (κ2) is 6.14. The Balaban J connectivity index is 1.97. The lowest BCUT2D eigenvalue weighted by Gasteiger charge is -2.29. The molecule has 18 heavy (non-hydrogen) atoms. The molecule has 2 nitrogen and oxygen atoms in total. The van der Waals surface area contributed by atoms with Crippen LogP contribution in [0, 0.1) is 0 Å². The largest absolute Gasteiger partial charge is 0.394 e. The number of hydrogen-bond acceptors (Lipinski definition) is 3. The van der Waals surface area contributed by atoms with Crippen molar-refractivity contribution in [2.24, 2.45) is 0 Å². The molecule has 0 aliphatic rings. The summed E-state index contributed by atoms with van der Waals surface area (Å²) in [5.74, 6) is 0. The molecule has 0 saturated heterocycles. The van der Waals surface area contributed by atoms with E-state index in [4.69, 9.17) is 0 Å². The van der Waals surface area contributed by atoms with E-state index in [-0.39, 0.29) is 12.1 Å². The molecule has 0 amide bonds. The van der Waals surface area contributed by atoms with Crippen molar-refractivity contribution in [2.75, 3.05) is 6.61 Å². The smallest absolute Gasteiger partial charge is 0.0613 e. The van der Waals surface area contributed by atoms with E-state index < -0.39 is 0 Å². The first-order chi connectivity index (χ1) is 8.72. The van der Waals surface area contributed by atoms with Crippen LogP contribution in [0.2, 0.25) is 0 Å². The first kappa shape index (κ1) is 13.3. The van der Waals surface area contributed by atoms with Crippen molar-refractivity contribution in [1.82, 2.24) is 5.32 Å². The van der Waals surface area contributed by atoms with E-state index in [2.05, 4.69) is 41.9 Å². The van der Waals surface area contributed by atoms with E-state index in [1.807, 2.05) is 18.2 Å². The molecule has 0 aliphatic heterocycles. The van der Waals surface area contributed by atoms with Gasteiger partial charge >= 0.3 is 0 Å². The summed E-state index contributed by atoms with van der Waals surface area (Å²) in [6.07, 6.45) is 0.829. The van der Waals surface area contributed by atoms with Gasteiger partial charge < -0.3 is 10.4 Å². The molecule has 1 aromatic heterocycles. The standard InChI is InChI=1S/C15H19NOS/c1-15(12-17,10-13-6-3-2-4-7-13)16-11-14-8-5-9-18-14/h2-9,16-17H,10-12H2,1H3. The Morgan fingerprint density at radius 1 is 1.17 bits per heavy atom. The summed E-state index contributed by atoms with van der Waals surface area (Å²) in [6, 6.07) is 14.4. The van der Waals surface area contributed by atoms with Crippen LogP contribution in [-0.2, 0) is 13.0 Å². The Morgan fingerprint density at radius 3 is 2.56 bits per heavy atom. The average Bonchev–Trinajstić information content (AvgIpc) is 2.91. The van der Waals surface area contributed by atoms with Crippen molar-refractivity contribution < 1.29 is 5.11 Å². The van der Waals surface area contributed by atoms with Crippen LogP contribution in [0.4, 0.5) is 0 Å². The van der Waals surface area contributed by atoms with Crippen molar-refractivity contribution in [1.29, 1.82) is 0 Å². The molecule has 2 rings (SSSR count). The maximum atomic E-state index is 9.62. The van der Waals surface area contributed by atoms with E-state index in [1.165, 1.54) is 10.4 Å². The molecule has 1 unspecified atom stereocenters. The highest BCUT2D eigenvalue weighted by atomic mass is 32.1. The van der Waals surface area contributed by atoms with E-state index in [1.54, 1.807) is 11.3 Å². The Kier molecular flexibility index (Phi) is 4.53. The highest BCUT2D eigenvalue weighted by Crippen LogP contribution is 2.15. The summed E-state index contributed by atoms with van der Waals surface area (Å²) in [6.45, 7) is 3.00. The van der Waals surface area contributed by atoms with Crippen LogP contribution in [0.1, 0.15) is 17.4 Å². The third-order valence-electron chi connectivity index (χ3n) is 3.06. The molecule has 1 aromatic carbocycles. The first-order valence-electron chi connectivity index (χ1n) is 6.14. The second-order valence-corrected chi connectivity index (χ2v) is 5.85. The number of aliphatic hydroxyl groups excluding tert-OH is 1. The molecule has 0 bridgehead atoms. The summed E-state index contributed by atoms with van der Waals surface area (Å²) in [5.41, 5.74) is 0.971. The summed E-state index contributed by atoms with van der Waals surface area (Å²) in [4.78, 5) is 1.29. The van der Waals surface area contributed by atoms with Gasteiger partial charge in [-0.1, -0.05) is 36.4 Å². The second-order valence-electron chi connectivity index (χ2n) is 4.81. The fraction of sp³-hybridized carbons (Fsp3) is 0.333. The number of aliphatic hydroxyl groups is 1. The van der Waals surface area contributed by atoms with Crippen molar-refractivity contribution in [3.63, 3.8) is 0 Å². The number of nitrogens with one attached hydrogen (secondary N) is 1. The number of rotatable bonds is 6. The molecule has 0 fully saturated rings. The fourth-order valence-electron chi connectivity index (χ4n) is 1.93. The van der Waals surface area contributed by atoms with Crippen molar-refractivity contribution >= 4 is 11.3 Å². The Labute approximate surface area is 112 Å². The Morgan fingerprint density at radius 2 is 1.94 bits per heavy atom. The zero-order valence-corrected chi connectivity index (χ0v) is 11.4. The molecule has 1 heterocycles. The van der Waals surface area contributed by atoms with Gasteiger partial charge in [-0.15, -0.1) is 11.3 Å². The molecule has 0 radical (unpaired) electrons. The van der Waals surface area contributed by atoms with Crippen LogP contribution in [0.25, 0.3) is 0 Å². The summed E-state index contributed by atoms with van der Waals surface area (Å²) < 4.78 is 0. The van der Waals surface area contributed by atoms with Gasteiger partial charge in [0.2, 0.25) is 0 Å². The van der Waals surface area contributed by atoms with Crippen LogP contribution in [0.3, 0.4) is 0 Å². The maximum absolute atomic E-state index is 9.62. The molecule has 1 atom stereocenters. The van der Waals surface area contributed by atoms with E-state index in [9.17, 15) is 5.11 Å². The molecule has 2 N–H and O–H groups in total. The molecule has 0 saturated carbocycles. The molecule has 0 aliphatic carbocycles. The van der Waals surface area contributed by atoms with Gasteiger partial charge in [-0.3, -0.25) is 0 Å². The quantitative estimate of drug-likeness (QED) is 0.838. The van der Waals surface area contributed by atoms with Gasteiger partial charge in [0.25, 0.3) is 0 Å². The maximum Gasteiger partial charge on any atom is 0.0613 e. The van der Waals surface area contributed by atoms with Crippen LogP contribution in [-0.4, -0.2) is 17.3 Å². The van der Waals surface area contributed by atoms with Crippen LogP contribution in [0.5, 0.6) is 0 Å². The monoisotopic (exact) mass is 261 g/mol. The minimum absolute atomic E-state index is 0.132. The highest BCUT2D eigenvalue weighted by Gasteiger charge is 2.23. The third-order valence-corrected chi connectivity index (χ3v) is 3.93. The topological polar surface area (TPSA) is 32.3 Å². The molecule has 2 aromatic rings. The zero-order chi connectivity index (χ0) is 12.8. The summed E-state index contributed by atoms with van der Waals surface area (Å²) in [5, 5.41) is 15.1. The average molecular weight is 261 g/mol. The van der Waals surface area contributed by atoms with Gasteiger partial charge in [0.05, 0.1) is 6.61 Å². The fourth-order valence-corrected chi connectivity index (χ4v) is 2.58. The van der Waals surface area contributed by atoms with Crippen molar-refractivity contribution in [2.45, 2.75) is 25.4 Å². The summed E-state index contributed by atoms with van der Waals surface area (Å²) in [7, 11) is 0.